The minimum Gasteiger partial charge on any atom is -0.479 e. The van der Waals surface area contributed by atoms with Crippen LogP contribution >= 0.6 is 0 Å². The number of carboxylic acids is 1. The van der Waals surface area contributed by atoms with E-state index in [0.717, 1.165) is 30.4 Å². The number of rotatable bonds is 6. The zero-order valence-corrected chi connectivity index (χ0v) is 12.1. The number of aliphatic hydroxyl groups is 1. The average molecular weight is 291 g/mol. The number of hydrogen-bond donors (Lipinski definition) is 3. The summed E-state index contributed by atoms with van der Waals surface area (Å²) >= 11 is 0. The highest BCUT2D eigenvalue weighted by atomic mass is 16.4. The van der Waals surface area contributed by atoms with E-state index in [0.29, 0.717) is 0 Å². The number of amides is 1. The SMILES string of the molecule is Cc1cccc(C2(C(=O)NCC[C@H](O)C(=O)O)CCC2)c1. The van der Waals surface area contributed by atoms with Crippen molar-refractivity contribution in [1.82, 2.24) is 5.32 Å². The third-order valence-electron chi connectivity index (χ3n) is 4.20. The minimum absolute atomic E-state index is 0.0188. The Bertz CT molecular complexity index is 537. The van der Waals surface area contributed by atoms with Gasteiger partial charge in [0.25, 0.3) is 0 Å². The normalized spacial score (nSPS) is 17.6. The van der Waals surface area contributed by atoms with Gasteiger partial charge in [-0.25, -0.2) is 4.79 Å². The zero-order chi connectivity index (χ0) is 15.5. The summed E-state index contributed by atoms with van der Waals surface area (Å²) in [5, 5.41) is 20.6. The summed E-state index contributed by atoms with van der Waals surface area (Å²) in [7, 11) is 0. The van der Waals surface area contributed by atoms with Crippen molar-refractivity contribution < 1.29 is 19.8 Å². The molecule has 1 aliphatic rings. The lowest BCUT2D eigenvalue weighted by Gasteiger charge is -2.41. The van der Waals surface area contributed by atoms with Crippen molar-refractivity contribution in [2.75, 3.05) is 6.54 Å². The van der Waals surface area contributed by atoms with Gasteiger partial charge in [-0.1, -0.05) is 36.2 Å². The Labute approximate surface area is 124 Å². The summed E-state index contributed by atoms with van der Waals surface area (Å²) in [5.74, 6) is -1.33. The summed E-state index contributed by atoms with van der Waals surface area (Å²) < 4.78 is 0. The van der Waals surface area contributed by atoms with Crippen LogP contribution in [0.4, 0.5) is 0 Å². The van der Waals surface area contributed by atoms with Crippen LogP contribution in [0.3, 0.4) is 0 Å². The first kappa shape index (κ1) is 15.5. The zero-order valence-electron chi connectivity index (χ0n) is 12.1. The molecule has 3 N–H and O–H groups in total. The van der Waals surface area contributed by atoms with Crippen LogP contribution in [0.2, 0.25) is 0 Å². The summed E-state index contributed by atoms with van der Waals surface area (Å²) in [6.07, 6.45) is 1.22. The van der Waals surface area contributed by atoms with Crippen LogP contribution < -0.4 is 5.32 Å². The van der Waals surface area contributed by atoms with Crippen molar-refractivity contribution >= 4 is 11.9 Å². The maximum Gasteiger partial charge on any atom is 0.332 e. The second kappa shape index (κ2) is 6.26. The molecule has 0 unspecified atom stereocenters. The molecule has 1 fully saturated rings. The lowest BCUT2D eigenvalue weighted by molar-refractivity contribution is -0.147. The molecule has 1 amide bonds. The molecule has 5 nitrogen and oxygen atoms in total. The van der Waals surface area contributed by atoms with E-state index in [1.807, 2.05) is 31.2 Å². The lowest BCUT2D eigenvalue weighted by Crippen LogP contribution is -2.49. The van der Waals surface area contributed by atoms with Crippen LogP contribution in [0.25, 0.3) is 0 Å². The number of aryl methyl sites for hydroxylation is 1. The quantitative estimate of drug-likeness (QED) is 0.739. The van der Waals surface area contributed by atoms with Crippen LogP contribution in [0.15, 0.2) is 24.3 Å². The monoisotopic (exact) mass is 291 g/mol. The largest absolute Gasteiger partial charge is 0.479 e. The van der Waals surface area contributed by atoms with Gasteiger partial charge in [0.05, 0.1) is 5.41 Å². The first-order valence-electron chi connectivity index (χ1n) is 7.22. The topological polar surface area (TPSA) is 86.6 Å². The molecule has 21 heavy (non-hydrogen) atoms. The number of aliphatic carboxylic acids is 1. The van der Waals surface area contributed by atoms with Crippen LogP contribution in [0.1, 0.15) is 36.8 Å². The molecule has 0 aliphatic heterocycles. The van der Waals surface area contributed by atoms with E-state index < -0.39 is 17.5 Å². The van der Waals surface area contributed by atoms with Gasteiger partial charge in [-0.05, 0) is 25.3 Å². The first-order valence-corrected chi connectivity index (χ1v) is 7.22. The Hall–Kier alpha value is -1.88. The molecule has 1 saturated carbocycles. The Morgan fingerprint density at radius 3 is 2.62 bits per heavy atom. The number of carbonyl (C=O) groups excluding carboxylic acids is 1. The molecular weight excluding hydrogens is 270 g/mol. The van der Waals surface area contributed by atoms with Gasteiger partial charge in [0, 0.05) is 13.0 Å². The highest BCUT2D eigenvalue weighted by Crippen LogP contribution is 2.44. The second-order valence-corrected chi connectivity index (χ2v) is 5.70. The fraction of sp³-hybridized carbons (Fsp3) is 0.500. The average Bonchev–Trinajstić information content (AvgIpc) is 2.37. The Morgan fingerprint density at radius 1 is 1.38 bits per heavy atom. The van der Waals surface area contributed by atoms with Crippen molar-refractivity contribution in [2.24, 2.45) is 0 Å². The van der Waals surface area contributed by atoms with Crippen LogP contribution in [-0.2, 0) is 15.0 Å². The molecule has 1 atom stereocenters. The van der Waals surface area contributed by atoms with E-state index in [9.17, 15) is 14.7 Å². The van der Waals surface area contributed by atoms with Crippen molar-refractivity contribution in [3.8, 4) is 0 Å². The van der Waals surface area contributed by atoms with Gasteiger partial charge in [0.1, 0.15) is 0 Å². The van der Waals surface area contributed by atoms with Gasteiger partial charge in [-0.2, -0.15) is 0 Å². The number of aliphatic hydroxyl groups excluding tert-OH is 1. The third kappa shape index (κ3) is 3.24. The summed E-state index contributed by atoms with van der Waals surface area (Å²) in [6.45, 7) is 2.16. The highest BCUT2D eigenvalue weighted by Gasteiger charge is 2.45. The number of carboxylic acid groups (broad SMARTS) is 1. The standard InChI is InChI=1S/C16H21NO4/c1-11-4-2-5-12(10-11)16(7-3-8-16)15(21)17-9-6-13(18)14(19)20/h2,4-5,10,13,18H,3,6-9H2,1H3,(H,17,21)(H,19,20)/t13-/m0/s1. The summed E-state index contributed by atoms with van der Waals surface area (Å²) in [6, 6.07) is 7.95. The predicted molar refractivity (Wildman–Crippen MR) is 78.0 cm³/mol. The molecule has 0 spiro atoms. The number of nitrogens with one attached hydrogen (secondary N) is 1. The molecule has 2 rings (SSSR count). The molecule has 1 aliphatic carbocycles. The number of hydrogen-bond acceptors (Lipinski definition) is 3. The lowest BCUT2D eigenvalue weighted by atomic mass is 9.63. The van der Waals surface area contributed by atoms with Crippen molar-refractivity contribution in [3.63, 3.8) is 0 Å². The minimum atomic E-state index is -1.43. The van der Waals surface area contributed by atoms with Gasteiger partial charge in [0.2, 0.25) is 5.91 Å². The molecular formula is C16H21NO4. The summed E-state index contributed by atoms with van der Waals surface area (Å²) in [4.78, 5) is 23.0. The Kier molecular flexibility index (Phi) is 4.63. The first-order chi connectivity index (χ1) is 9.95. The Balaban J connectivity index is 2.00. The van der Waals surface area contributed by atoms with Crippen LogP contribution in [0, 0.1) is 6.92 Å². The van der Waals surface area contributed by atoms with E-state index in [2.05, 4.69) is 5.32 Å². The Morgan fingerprint density at radius 2 is 2.10 bits per heavy atom. The van der Waals surface area contributed by atoms with Gasteiger partial charge in [-0.3, -0.25) is 4.79 Å². The maximum absolute atomic E-state index is 12.5. The fourth-order valence-corrected chi connectivity index (χ4v) is 2.73. The van der Waals surface area contributed by atoms with Crippen molar-refractivity contribution in [1.29, 1.82) is 0 Å². The highest BCUT2D eigenvalue weighted by molar-refractivity contribution is 5.89. The summed E-state index contributed by atoms with van der Waals surface area (Å²) in [5.41, 5.74) is 1.65. The fourth-order valence-electron chi connectivity index (χ4n) is 2.73. The molecule has 0 saturated heterocycles. The van der Waals surface area contributed by atoms with Gasteiger partial charge in [0.15, 0.2) is 6.10 Å². The molecule has 0 bridgehead atoms. The molecule has 0 radical (unpaired) electrons. The molecule has 0 heterocycles. The van der Waals surface area contributed by atoms with Crippen LogP contribution in [0.5, 0.6) is 0 Å². The van der Waals surface area contributed by atoms with E-state index in [4.69, 9.17) is 5.11 Å². The molecule has 114 valence electrons. The van der Waals surface area contributed by atoms with Crippen molar-refractivity contribution in [3.05, 3.63) is 35.4 Å². The maximum atomic E-state index is 12.5. The van der Waals surface area contributed by atoms with E-state index in [1.165, 1.54) is 0 Å². The van der Waals surface area contributed by atoms with Gasteiger partial charge in [-0.15, -0.1) is 0 Å². The molecule has 1 aromatic rings. The van der Waals surface area contributed by atoms with Crippen molar-refractivity contribution in [2.45, 2.75) is 44.1 Å². The van der Waals surface area contributed by atoms with E-state index >= 15 is 0 Å². The smallest absolute Gasteiger partial charge is 0.332 e. The van der Waals surface area contributed by atoms with Gasteiger partial charge < -0.3 is 15.5 Å². The molecule has 0 aromatic heterocycles. The third-order valence-corrected chi connectivity index (χ3v) is 4.20. The molecule has 5 heteroatoms. The van der Waals surface area contributed by atoms with Crippen LogP contribution in [-0.4, -0.2) is 34.7 Å². The second-order valence-electron chi connectivity index (χ2n) is 5.70. The predicted octanol–water partition coefficient (Wildman–Crippen LogP) is 1.37. The number of benzene rings is 1. The number of carbonyl (C=O) groups is 2. The molecule has 1 aromatic carbocycles. The van der Waals surface area contributed by atoms with E-state index in [1.54, 1.807) is 0 Å². The van der Waals surface area contributed by atoms with Gasteiger partial charge >= 0.3 is 5.97 Å². The van der Waals surface area contributed by atoms with E-state index in [-0.39, 0.29) is 18.9 Å².